The van der Waals surface area contributed by atoms with Gasteiger partial charge >= 0.3 is 0 Å². The van der Waals surface area contributed by atoms with Gasteiger partial charge in [0.1, 0.15) is 5.52 Å². The summed E-state index contributed by atoms with van der Waals surface area (Å²) in [4.78, 5) is 23.7. The Morgan fingerprint density at radius 2 is 2.08 bits per heavy atom. The third-order valence-corrected chi connectivity index (χ3v) is 4.83. The Balaban J connectivity index is 1.47. The third kappa shape index (κ3) is 3.44. The van der Waals surface area contributed by atoms with Crippen molar-refractivity contribution in [3.63, 3.8) is 0 Å². The van der Waals surface area contributed by atoms with Crippen LogP contribution in [0.3, 0.4) is 0 Å². The number of pyridine rings is 1. The Morgan fingerprint density at radius 3 is 2.92 bits per heavy atom. The molecular weight excluding hydrogens is 395 g/mol. The first-order valence-corrected chi connectivity index (χ1v) is 9.19. The van der Waals surface area contributed by atoms with Crippen molar-refractivity contribution < 1.29 is 4.79 Å². The van der Waals surface area contributed by atoms with E-state index in [-0.39, 0.29) is 22.5 Å². The van der Waals surface area contributed by atoms with Crippen LogP contribution in [-0.4, -0.2) is 36.8 Å². The number of fused-ring (bicyclic) bond motifs is 3. The number of amides is 1. The lowest BCUT2D eigenvalue weighted by Crippen LogP contribution is -2.15. The predicted octanol–water partition coefficient (Wildman–Crippen LogP) is 3.94. The predicted molar refractivity (Wildman–Crippen MR) is 103 cm³/mol. The Hall–Kier alpha value is -2.42. The van der Waals surface area contributed by atoms with Gasteiger partial charge in [-0.15, -0.1) is 10.2 Å². The highest BCUT2D eigenvalue weighted by Gasteiger charge is 2.12. The van der Waals surface area contributed by atoms with Crippen molar-refractivity contribution in [3.8, 4) is 0 Å². The molecule has 0 fully saturated rings. The van der Waals surface area contributed by atoms with Crippen LogP contribution in [0.15, 0.2) is 41.7 Å². The lowest BCUT2D eigenvalue weighted by atomic mass is 10.2. The molecule has 1 aromatic carbocycles. The highest BCUT2D eigenvalue weighted by atomic mass is 35.5. The number of nitrogens with zero attached hydrogens (tertiary/aromatic N) is 4. The molecule has 4 aromatic rings. The van der Waals surface area contributed by atoms with E-state index < -0.39 is 0 Å². The fraction of sp³-hybridized carbons (Fsp3) is 0.0625. The van der Waals surface area contributed by atoms with Gasteiger partial charge < -0.3 is 10.3 Å². The maximum absolute atomic E-state index is 12.1. The van der Waals surface area contributed by atoms with Crippen LogP contribution in [0, 0.1) is 0 Å². The van der Waals surface area contributed by atoms with Gasteiger partial charge in [0.25, 0.3) is 0 Å². The van der Waals surface area contributed by atoms with Gasteiger partial charge in [0.2, 0.25) is 11.1 Å². The topological polar surface area (TPSA) is 96.5 Å². The molecule has 7 nitrogen and oxygen atoms in total. The average Bonchev–Trinajstić information content (AvgIpc) is 3.00. The van der Waals surface area contributed by atoms with E-state index >= 15 is 0 Å². The van der Waals surface area contributed by atoms with E-state index in [4.69, 9.17) is 23.2 Å². The molecule has 4 rings (SSSR count). The summed E-state index contributed by atoms with van der Waals surface area (Å²) < 4.78 is 0. The molecule has 3 heterocycles. The maximum atomic E-state index is 12.1. The standard InChI is InChI=1S/C16H10Cl2N6OS/c17-8-5-10(18)14(19-6-8)21-12(25)7-26-16-22-15-13(23-24-16)9-3-1-2-4-11(9)20-15/h1-6H,7H2,(H,19,21,25)(H,20,22,24). The quantitative estimate of drug-likeness (QED) is 0.500. The highest BCUT2D eigenvalue weighted by Crippen LogP contribution is 2.24. The number of halogens is 2. The van der Waals surface area contributed by atoms with E-state index in [1.54, 1.807) is 0 Å². The molecule has 0 radical (unpaired) electrons. The molecule has 10 heteroatoms. The second-order valence-electron chi connectivity index (χ2n) is 5.28. The zero-order valence-corrected chi connectivity index (χ0v) is 15.4. The smallest absolute Gasteiger partial charge is 0.236 e. The lowest BCUT2D eigenvalue weighted by molar-refractivity contribution is -0.113. The SMILES string of the molecule is O=C(CSc1nnc2c(n1)[nH]c1ccccc12)Nc1ncc(Cl)cc1Cl. The molecule has 2 N–H and O–H groups in total. The number of rotatable bonds is 4. The molecule has 26 heavy (non-hydrogen) atoms. The molecule has 0 aliphatic heterocycles. The molecular formula is C16H10Cl2N6OS. The van der Waals surface area contributed by atoms with Crippen LogP contribution in [0.2, 0.25) is 10.0 Å². The lowest BCUT2D eigenvalue weighted by Gasteiger charge is -2.05. The Labute approximate surface area is 161 Å². The van der Waals surface area contributed by atoms with Crippen molar-refractivity contribution in [2.75, 3.05) is 11.1 Å². The third-order valence-electron chi connectivity index (χ3n) is 3.50. The second kappa shape index (κ2) is 7.06. The molecule has 0 atom stereocenters. The summed E-state index contributed by atoms with van der Waals surface area (Å²) in [7, 11) is 0. The van der Waals surface area contributed by atoms with Crippen molar-refractivity contribution in [2.45, 2.75) is 5.16 Å². The Kier molecular flexibility index (Phi) is 4.62. The zero-order valence-electron chi connectivity index (χ0n) is 13.0. The monoisotopic (exact) mass is 404 g/mol. The summed E-state index contributed by atoms with van der Waals surface area (Å²) in [5.41, 5.74) is 2.27. The van der Waals surface area contributed by atoms with Crippen LogP contribution >= 0.6 is 35.0 Å². The minimum absolute atomic E-state index is 0.0913. The first kappa shape index (κ1) is 17.0. The number of aromatic nitrogens is 5. The van der Waals surface area contributed by atoms with E-state index in [9.17, 15) is 4.79 Å². The Morgan fingerprint density at radius 1 is 1.23 bits per heavy atom. The van der Waals surface area contributed by atoms with Gasteiger partial charge in [-0.1, -0.05) is 53.2 Å². The number of aromatic amines is 1. The fourth-order valence-electron chi connectivity index (χ4n) is 2.37. The number of hydrogen-bond acceptors (Lipinski definition) is 6. The van der Waals surface area contributed by atoms with E-state index in [2.05, 4.69) is 30.5 Å². The summed E-state index contributed by atoms with van der Waals surface area (Å²) in [6.07, 6.45) is 1.41. The van der Waals surface area contributed by atoms with Crippen molar-refractivity contribution >= 4 is 68.8 Å². The van der Waals surface area contributed by atoms with Crippen LogP contribution in [0.25, 0.3) is 22.1 Å². The number of H-pyrrole nitrogens is 1. The molecule has 0 spiro atoms. The van der Waals surface area contributed by atoms with Gasteiger partial charge in [0.05, 0.1) is 15.8 Å². The van der Waals surface area contributed by atoms with Gasteiger partial charge in [-0.25, -0.2) is 9.97 Å². The second-order valence-corrected chi connectivity index (χ2v) is 7.07. The summed E-state index contributed by atoms with van der Waals surface area (Å²) in [5.74, 6) is 0.0625. The highest BCUT2D eigenvalue weighted by molar-refractivity contribution is 7.99. The Bertz CT molecular complexity index is 1130. The molecule has 0 saturated carbocycles. The fourth-order valence-corrected chi connectivity index (χ4v) is 3.39. The molecule has 0 bridgehead atoms. The number of hydrogen-bond donors (Lipinski definition) is 2. The van der Waals surface area contributed by atoms with E-state index in [1.165, 1.54) is 24.0 Å². The summed E-state index contributed by atoms with van der Waals surface area (Å²) >= 11 is 12.9. The minimum Gasteiger partial charge on any atom is -0.338 e. The van der Waals surface area contributed by atoms with Crippen LogP contribution < -0.4 is 5.32 Å². The first-order valence-electron chi connectivity index (χ1n) is 7.45. The van der Waals surface area contributed by atoms with Crippen molar-refractivity contribution in [1.82, 2.24) is 25.1 Å². The normalized spacial score (nSPS) is 11.2. The van der Waals surface area contributed by atoms with E-state index in [1.807, 2.05) is 24.3 Å². The van der Waals surface area contributed by atoms with Crippen LogP contribution in [0.4, 0.5) is 5.82 Å². The number of para-hydroxylation sites is 1. The molecule has 0 unspecified atom stereocenters. The zero-order chi connectivity index (χ0) is 18.1. The van der Waals surface area contributed by atoms with Gasteiger partial charge in [-0.05, 0) is 12.1 Å². The van der Waals surface area contributed by atoms with Crippen LogP contribution in [-0.2, 0) is 4.79 Å². The number of benzene rings is 1. The number of nitrogens with one attached hydrogen (secondary N) is 2. The molecule has 3 aromatic heterocycles. The summed E-state index contributed by atoms with van der Waals surface area (Å²) in [6, 6.07) is 9.27. The van der Waals surface area contributed by atoms with E-state index in [0.29, 0.717) is 21.3 Å². The largest absolute Gasteiger partial charge is 0.338 e. The summed E-state index contributed by atoms with van der Waals surface area (Å²) in [5, 5.41) is 12.9. The van der Waals surface area contributed by atoms with Crippen LogP contribution in [0.5, 0.6) is 0 Å². The summed E-state index contributed by atoms with van der Waals surface area (Å²) in [6.45, 7) is 0. The van der Waals surface area contributed by atoms with E-state index in [0.717, 1.165) is 10.9 Å². The maximum Gasteiger partial charge on any atom is 0.236 e. The van der Waals surface area contributed by atoms with Gasteiger partial charge in [0, 0.05) is 17.1 Å². The number of thioether (sulfide) groups is 1. The van der Waals surface area contributed by atoms with Gasteiger partial charge in [0.15, 0.2) is 11.5 Å². The van der Waals surface area contributed by atoms with Crippen molar-refractivity contribution in [3.05, 3.63) is 46.6 Å². The molecule has 0 saturated heterocycles. The first-order chi connectivity index (χ1) is 12.6. The molecule has 1 amide bonds. The minimum atomic E-state index is -0.285. The average molecular weight is 405 g/mol. The molecule has 0 aliphatic rings. The van der Waals surface area contributed by atoms with Crippen molar-refractivity contribution in [2.24, 2.45) is 0 Å². The molecule has 0 aliphatic carbocycles. The number of carbonyl (C=O) groups excluding carboxylic acids is 1. The van der Waals surface area contributed by atoms with Gasteiger partial charge in [-0.3, -0.25) is 4.79 Å². The number of carbonyl (C=O) groups is 1. The molecule has 130 valence electrons. The van der Waals surface area contributed by atoms with Crippen LogP contribution in [0.1, 0.15) is 0 Å². The number of anilines is 1. The van der Waals surface area contributed by atoms with Crippen molar-refractivity contribution in [1.29, 1.82) is 0 Å². The van der Waals surface area contributed by atoms with Gasteiger partial charge in [-0.2, -0.15) is 0 Å².